The molecular weight excluding hydrogens is 404 g/mol. The van der Waals surface area contributed by atoms with Gasteiger partial charge >= 0.3 is 0 Å². The summed E-state index contributed by atoms with van der Waals surface area (Å²) in [5, 5.41) is 1.72. The Morgan fingerprint density at radius 2 is 1.90 bits per heavy atom. The highest BCUT2D eigenvalue weighted by atomic mass is 32.2. The van der Waals surface area contributed by atoms with Crippen molar-refractivity contribution < 1.29 is 13.2 Å². The number of anilines is 1. The Hall–Kier alpha value is -2.64. The van der Waals surface area contributed by atoms with Gasteiger partial charge in [0.2, 0.25) is 0 Å². The molecule has 1 N–H and O–H groups in total. The topological polar surface area (TPSA) is 66.5 Å². The van der Waals surface area contributed by atoms with Gasteiger partial charge in [0, 0.05) is 17.8 Å². The summed E-state index contributed by atoms with van der Waals surface area (Å²) in [5.74, 6) is -0.0785. The van der Waals surface area contributed by atoms with E-state index >= 15 is 0 Å². The largest absolute Gasteiger partial charge is 0.332 e. The van der Waals surface area contributed by atoms with Crippen LogP contribution in [-0.2, 0) is 10.0 Å². The van der Waals surface area contributed by atoms with Crippen LogP contribution < -0.4 is 4.72 Å². The Kier molecular flexibility index (Phi) is 5.43. The molecule has 2 aromatic carbocycles. The van der Waals surface area contributed by atoms with Gasteiger partial charge in [0.05, 0.1) is 6.04 Å². The molecule has 4 rings (SSSR count). The maximum Gasteiger partial charge on any atom is 0.271 e. The van der Waals surface area contributed by atoms with E-state index in [4.69, 9.17) is 0 Å². The third-order valence-electron chi connectivity index (χ3n) is 5.10. The van der Waals surface area contributed by atoms with Crippen molar-refractivity contribution >= 4 is 33.0 Å². The molecule has 3 aromatic rings. The summed E-state index contributed by atoms with van der Waals surface area (Å²) in [6.07, 6.45) is 1.88. The number of hydrogen-bond donors (Lipinski definition) is 1. The second-order valence-corrected chi connectivity index (χ2v) is 10.0. The Morgan fingerprint density at radius 1 is 1.10 bits per heavy atom. The number of likely N-dealkylation sites (tertiary alicyclic amines) is 1. The van der Waals surface area contributed by atoms with Crippen LogP contribution in [0.25, 0.3) is 0 Å². The van der Waals surface area contributed by atoms with Crippen LogP contribution in [0.3, 0.4) is 0 Å². The summed E-state index contributed by atoms with van der Waals surface area (Å²) < 4.78 is 27.7. The average Bonchev–Trinajstić information content (AvgIpc) is 3.40. The monoisotopic (exact) mass is 426 g/mol. The van der Waals surface area contributed by atoms with Crippen molar-refractivity contribution in [2.45, 2.75) is 30.0 Å². The lowest BCUT2D eigenvalue weighted by Crippen LogP contribution is -2.30. The zero-order valence-electron chi connectivity index (χ0n) is 16.0. The molecular formula is C22H22N2O3S2. The molecule has 0 radical (unpaired) electrons. The number of sulfonamides is 1. The van der Waals surface area contributed by atoms with Crippen LogP contribution in [-0.4, -0.2) is 25.8 Å². The first kappa shape index (κ1) is 19.7. The van der Waals surface area contributed by atoms with Crippen LogP contribution in [0, 0.1) is 6.92 Å². The molecule has 29 heavy (non-hydrogen) atoms. The fraction of sp³-hybridized carbons (Fsp3) is 0.227. The SMILES string of the molecule is Cc1ccc(C2CCCN2C(=O)c2cccc(NS(=O)(=O)c3cccs3)c2)cc1. The molecule has 7 heteroatoms. The van der Waals surface area contributed by atoms with Crippen molar-refractivity contribution in [3.8, 4) is 0 Å². The molecule has 0 aliphatic carbocycles. The van der Waals surface area contributed by atoms with Crippen LogP contribution >= 0.6 is 11.3 Å². The fourth-order valence-corrected chi connectivity index (χ4v) is 5.69. The van der Waals surface area contributed by atoms with Gasteiger partial charge in [-0.2, -0.15) is 0 Å². The standard InChI is InChI=1S/C22H22N2O3S2/c1-16-9-11-17(12-10-16)20-7-3-13-24(20)22(25)18-5-2-6-19(15-18)23-29(26,27)21-8-4-14-28-21/h2,4-6,8-12,14-15,20,23H,3,7,13H2,1H3. The number of thiophene rings is 1. The second kappa shape index (κ2) is 8.00. The first-order valence-corrected chi connectivity index (χ1v) is 11.8. The van der Waals surface area contributed by atoms with Gasteiger partial charge in [0.15, 0.2) is 0 Å². The molecule has 1 amide bonds. The number of hydrogen-bond acceptors (Lipinski definition) is 4. The number of carbonyl (C=O) groups is 1. The third kappa shape index (κ3) is 4.21. The number of benzene rings is 2. The normalized spacial score (nSPS) is 16.7. The first-order valence-electron chi connectivity index (χ1n) is 9.48. The molecule has 1 unspecified atom stereocenters. The molecule has 150 valence electrons. The summed E-state index contributed by atoms with van der Waals surface area (Å²) in [4.78, 5) is 15.1. The highest BCUT2D eigenvalue weighted by Gasteiger charge is 2.30. The fourth-order valence-electron chi connectivity index (χ4n) is 3.65. The number of carbonyl (C=O) groups excluding carboxylic acids is 1. The molecule has 1 saturated heterocycles. The lowest BCUT2D eigenvalue weighted by molar-refractivity contribution is 0.0735. The highest BCUT2D eigenvalue weighted by Crippen LogP contribution is 2.33. The van der Waals surface area contributed by atoms with Crippen molar-refractivity contribution in [3.63, 3.8) is 0 Å². The predicted molar refractivity (Wildman–Crippen MR) is 116 cm³/mol. The van der Waals surface area contributed by atoms with Crippen molar-refractivity contribution in [2.24, 2.45) is 0 Å². The Balaban J connectivity index is 1.56. The van der Waals surface area contributed by atoms with Crippen LogP contribution in [0.1, 0.15) is 40.4 Å². The Morgan fingerprint density at radius 3 is 2.62 bits per heavy atom. The minimum absolute atomic E-state index is 0.0505. The second-order valence-electron chi connectivity index (χ2n) is 7.19. The van der Waals surface area contributed by atoms with E-state index in [0.717, 1.165) is 29.7 Å². The molecule has 0 bridgehead atoms. The summed E-state index contributed by atoms with van der Waals surface area (Å²) in [7, 11) is -3.65. The molecule has 1 aliphatic heterocycles. The zero-order valence-corrected chi connectivity index (χ0v) is 17.7. The summed E-state index contributed by atoms with van der Waals surface area (Å²) in [6, 6.07) is 18.3. The minimum atomic E-state index is -3.65. The molecule has 2 heterocycles. The van der Waals surface area contributed by atoms with Gasteiger partial charge in [0.1, 0.15) is 4.21 Å². The third-order valence-corrected chi connectivity index (χ3v) is 7.88. The van der Waals surface area contributed by atoms with E-state index in [2.05, 4.69) is 29.0 Å². The lowest BCUT2D eigenvalue weighted by Gasteiger charge is -2.25. The summed E-state index contributed by atoms with van der Waals surface area (Å²) in [6.45, 7) is 2.74. The van der Waals surface area contributed by atoms with E-state index in [1.54, 1.807) is 41.8 Å². The van der Waals surface area contributed by atoms with Gasteiger partial charge in [-0.3, -0.25) is 9.52 Å². The van der Waals surface area contributed by atoms with Crippen LogP contribution in [0.4, 0.5) is 5.69 Å². The van der Waals surface area contributed by atoms with E-state index in [9.17, 15) is 13.2 Å². The maximum atomic E-state index is 13.2. The number of nitrogens with zero attached hydrogens (tertiary/aromatic N) is 1. The van der Waals surface area contributed by atoms with Gasteiger partial charge in [-0.1, -0.05) is 42.0 Å². The van der Waals surface area contributed by atoms with Gasteiger partial charge in [0.25, 0.3) is 15.9 Å². The summed E-state index contributed by atoms with van der Waals surface area (Å²) in [5.41, 5.74) is 3.19. The summed E-state index contributed by atoms with van der Waals surface area (Å²) >= 11 is 1.15. The number of nitrogens with one attached hydrogen (secondary N) is 1. The highest BCUT2D eigenvalue weighted by molar-refractivity contribution is 7.94. The number of rotatable bonds is 5. The van der Waals surface area contributed by atoms with Gasteiger partial charge < -0.3 is 4.90 Å². The van der Waals surface area contributed by atoms with Gasteiger partial charge in [-0.15, -0.1) is 11.3 Å². The molecule has 1 aliphatic rings. The van der Waals surface area contributed by atoms with E-state index in [1.165, 1.54) is 5.56 Å². The molecule has 0 saturated carbocycles. The van der Waals surface area contributed by atoms with E-state index < -0.39 is 10.0 Å². The average molecular weight is 427 g/mol. The quantitative estimate of drug-likeness (QED) is 0.635. The van der Waals surface area contributed by atoms with E-state index in [1.807, 2.05) is 11.8 Å². The van der Waals surface area contributed by atoms with Crippen molar-refractivity contribution in [1.82, 2.24) is 4.90 Å². The molecule has 0 spiro atoms. The maximum absolute atomic E-state index is 13.2. The first-order chi connectivity index (χ1) is 13.9. The lowest BCUT2D eigenvalue weighted by atomic mass is 10.0. The minimum Gasteiger partial charge on any atom is -0.332 e. The van der Waals surface area contributed by atoms with Gasteiger partial charge in [-0.05, 0) is 55.0 Å². The van der Waals surface area contributed by atoms with Crippen LogP contribution in [0.15, 0.2) is 70.3 Å². The molecule has 1 aromatic heterocycles. The van der Waals surface area contributed by atoms with Crippen LogP contribution in [0.5, 0.6) is 0 Å². The number of aryl methyl sites for hydroxylation is 1. The Labute approximate surface area is 175 Å². The van der Waals surface area contributed by atoms with Gasteiger partial charge in [-0.25, -0.2) is 8.42 Å². The van der Waals surface area contributed by atoms with E-state index in [0.29, 0.717) is 17.8 Å². The smallest absolute Gasteiger partial charge is 0.271 e. The molecule has 1 atom stereocenters. The van der Waals surface area contributed by atoms with Crippen LogP contribution in [0.2, 0.25) is 0 Å². The Bertz CT molecular complexity index is 1110. The molecule has 1 fully saturated rings. The molecule has 5 nitrogen and oxygen atoms in total. The van der Waals surface area contributed by atoms with Crippen molar-refractivity contribution in [1.29, 1.82) is 0 Å². The zero-order chi connectivity index (χ0) is 20.4. The van der Waals surface area contributed by atoms with Crippen molar-refractivity contribution in [2.75, 3.05) is 11.3 Å². The van der Waals surface area contributed by atoms with E-state index in [-0.39, 0.29) is 16.2 Å². The number of amides is 1. The van der Waals surface area contributed by atoms with Crippen molar-refractivity contribution in [3.05, 3.63) is 82.7 Å². The predicted octanol–water partition coefficient (Wildman–Crippen LogP) is 4.83.